The molecule has 4 nitrogen and oxygen atoms in total. The normalized spacial score (nSPS) is 32.1. The van der Waals surface area contributed by atoms with Crippen LogP contribution in [0.3, 0.4) is 0 Å². The van der Waals surface area contributed by atoms with Gasteiger partial charge in [0.1, 0.15) is 5.60 Å². The van der Waals surface area contributed by atoms with Gasteiger partial charge < -0.3 is 9.64 Å². The predicted octanol–water partition coefficient (Wildman–Crippen LogP) is 2.69. The van der Waals surface area contributed by atoms with Crippen molar-refractivity contribution in [2.45, 2.75) is 64.1 Å². The molecule has 2 aliphatic rings. The van der Waals surface area contributed by atoms with E-state index < -0.39 is 5.60 Å². The second-order valence-corrected chi connectivity index (χ2v) is 6.07. The standard InChI is InChI=1S/C13H20N2O2/c1-13(2,3)17-12(16)15-10-4-5-11(15)7-9(6-10)8-14/h9-11H,4-7H2,1-3H3/t10-,11-/m0/s1. The lowest BCUT2D eigenvalue weighted by Crippen LogP contribution is -2.48. The van der Waals surface area contributed by atoms with Crippen molar-refractivity contribution in [2.75, 3.05) is 0 Å². The molecule has 0 aliphatic carbocycles. The first-order valence-corrected chi connectivity index (χ1v) is 6.31. The number of hydrogen-bond donors (Lipinski definition) is 0. The highest BCUT2D eigenvalue weighted by molar-refractivity contribution is 5.69. The Hall–Kier alpha value is -1.24. The fourth-order valence-electron chi connectivity index (χ4n) is 2.90. The summed E-state index contributed by atoms with van der Waals surface area (Å²) < 4.78 is 5.43. The van der Waals surface area contributed by atoms with Crippen LogP contribution in [0.15, 0.2) is 0 Å². The SMILES string of the molecule is CC(C)(C)OC(=O)N1[C@H]2CC[C@H]1CC(C#N)C2. The van der Waals surface area contributed by atoms with Crippen LogP contribution >= 0.6 is 0 Å². The zero-order valence-corrected chi connectivity index (χ0v) is 10.8. The summed E-state index contributed by atoms with van der Waals surface area (Å²) in [6.07, 6.45) is 3.45. The quantitative estimate of drug-likeness (QED) is 0.649. The molecular formula is C13H20N2O2. The first-order chi connectivity index (χ1) is 7.90. The third kappa shape index (κ3) is 2.54. The number of nitriles is 1. The number of carbonyl (C=O) groups is 1. The van der Waals surface area contributed by atoms with Gasteiger partial charge in [0.2, 0.25) is 0 Å². The highest BCUT2D eigenvalue weighted by Crippen LogP contribution is 2.39. The van der Waals surface area contributed by atoms with Crippen molar-refractivity contribution in [3.8, 4) is 6.07 Å². The summed E-state index contributed by atoms with van der Waals surface area (Å²) in [4.78, 5) is 14.0. The predicted molar refractivity (Wildman–Crippen MR) is 63.2 cm³/mol. The van der Waals surface area contributed by atoms with E-state index in [2.05, 4.69) is 6.07 Å². The van der Waals surface area contributed by atoms with E-state index in [1.807, 2.05) is 25.7 Å². The molecule has 0 N–H and O–H groups in total. The molecule has 0 aromatic carbocycles. The van der Waals surface area contributed by atoms with Gasteiger partial charge in [-0.2, -0.15) is 5.26 Å². The number of hydrogen-bond acceptors (Lipinski definition) is 3. The summed E-state index contributed by atoms with van der Waals surface area (Å²) in [6.45, 7) is 5.65. The molecule has 0 aromatic heterocycles. The first kappa shape index (κ1) is 12.2. The first-order valence-electron chi connectivity index (χ1n) is 6.31. The van der Waals surface area contributed by atoms with Gasteiger partial charge in [-0.25, -0.2) is 4.79 Å². The van der Waals surface area contributed by atoms with Crippen LogP contribution in [0.25, 0.3) is 0 Å². The molecule has 2 fully saturated rings. The van der Waals surface area contributed by atoms with Gasteiger partial charge in [-0.3, -0.25) is 0 Å². The average Bonchev–Trinajstić information content (AvgIpc) is 2.47. The Bertz CT molecular complexity index is 339. The van der Waals surface area contributed by atoms with Crippen molar-refractivity contribution in [1.82, 2.24) is 4.90 Å². The van der Waals surface area contributed by atoms with Crippen LogP contribution < -0.4 is 0 Å². The summed E-state index contributed by atoms with van der Waals surface area (Å²) in [6, 6.07) is 2.77. The minimum Gasteiger partial charge on any atom is -0.444 e. The molecule has 2 rings (SSSR count). The molecule has 4 heteroatoms. The Kier molecular flexibility index (Phi) is 3.03. The lowest BCUT2D eigenvalue weighted by atomic mass is 9.92. The molecule has 2 saturated heterocycles. The van der Waals surface area contributed by atoms with Gasteiger partial charge in [-0.15, -0.1) is 0 Å². The van der Waals surface area contributed by atoms with Crippen molar-refractivity contribution in [1.29, 1.82) is 5.26 Å². The van der Waals surface area contributed by atoms with E-state index in [0.717, 1.165) is 25.7 Å². The summed E-state index contributed by atoms with van der Waals surface area (Å²) in [5.74, 6) is 0.117. The molecule has 2 bridgehead atoms. The molecule has 2 heterocycles. The van der Waals surface area contributed by atoms with Gasteiger partial charge in [-0.05, 0) is 46.5 Å². The van der Waals surface area contributed by atoms with E-state index in [0.29, 0.717) is 0 Å². The van der Waals surface area contributed by atoms with E-state index in [9.17, 15) is 4.79 Å². The average molecular weight is 236 g/mol. The maximum absolute atomic E-state index is 12.1. The van der Waals surface area contributed by atoms with Crippen molar-refractivity contribution < 1.29 is 9.53 Å². The Morgan fingerprint density at radius 3 is 2.24 bits per heavy atom. The lowest BCUT2D eigenvalue weighted by molar-refractivity contribution is 0.00482. The molecule has 0 radical (unpaired) electrons. The van der Waals surface area contributed by atoms with E-state index in [1.54, 1.807) is 0 Å². The van der Waals surface area contributed by atoms with Gasteiger partial charge in [0.05, 0.1) is 12.0 Å². The van der Waals surface area contributed by atoms with Crippen LogP contribution in [0, 0.1) is 17.2 Å². The van der Waals surface area contributed by atoms with Crippen LogP contribution in [0.4, 0.5) is 4.79 Å². The van der Waals surface area contributed by atoms with E-state index in [-0.39, 0.29) is 24.1 Å². The van der Waals surface area contributed by atoms with Crippen molar-refractivity contribution in [3.05, 3.63) is 0 Å². The number of piperidine rings is 1. The van der Waals surface area contributed by atoms with Crippen LogP contribution in [-0.4, -0.2) is 28.7 Å². The molecule has 94 valence electrons. The van der Waals surface area contributed by atoms with Crippen LogP contribution in [0.5, 0.6) is 0 Å². The molecule has 0 aromatic rings. The number of nitrogens with zero attached hydrogens (tertiary/aromatic N) is 2. The summed E-state index contributed by atoms with van der Waals surface area (Å²) >= 11 is 0. The topological polar surface area (TPSA) is 53.3 Å². The van der Waals surface area contributed by atoms with Crippen molar-refractivity contribution in [2.24, 2.45) is 5.92 Å². The van der Waals surface area contributed by atoms with Crippen LogP contribution in [0.1, 0.15) is 46.5 Å². The Morgan fingerprint density at radius 1 is 1.29 bits per heavy atom. The van der Waals surface area contributed by atoms with Crippen LogP contribution in [-0.2, 0) is 4.74 Å². The largest absolute Gasteiger partial charge is 0.444 e. The number of rotatable bonds is 0. The van der Waals surface area contributed by atoms with Crippen molar-refractivity contribution in [3.63, 3.8) is 0 Å². The summed E-state index contributed by atoms with van der Waals surface area (Å²) in [5.41, 5.74) is -0.442. The fourth-order valence-corrected chi connectivity index (χ4v) is 2.90. The second-order valence-electron chi connectivity index (χ2n) is 6.07. The van der Waals surface area contributed by atoms with Gasteiger partial charge in [-0.1, -0.05) is 0 Å². The molecule has 0 unspecified atom stereocenters. The Morgan fingerprint density at radius 2 is 1.82 bits per heavy atom. The van der Waals surface area contributed by atoms with Gasteiger partial charge in [0, 0.05) is 12.1 Å². The molecule has 0 saturated carbocycles. The number of amides is 1. The van der Waals surface area contributed by atoms with E-state index >= 15 is 0 Å². The highest BCUT2D eigenvalue weighted by Gasteiger charge is 2.44. The third-order valence-electron chi connectivity index (χ3n) is 3.52. The molecule has 2 atom stereocenters. The third-order valence-corrected chi connectivity index (χ3v) is 3.52. The number of fused-ring (bicyclic) bond motifs is 2. The molecular weight excluding hydrogens is 216 g/mol. The van der Waals surface area contributed by atoms with Gasteiger partial charge in [0.15, 0.2) is 0 Å². The van der Waals surface area contributed by atoms with E-state index in [1.165, 1.54) is 0 Å². The second kappa shape index (κ2) is 4.21. The zero-order chi connectivity index (χ0) is 12.6. The Labute approximate surface area is 103 Å². The summed E-state index contributed by atoms with van der Waals surface area (Å²) in [7, 11) is 0. The van der Waals surface area contributed by atoms with E-state index in [4.69, 9.17) is 10.00 Å². The van der Waals surface area contributed by atoms with Crippen molar-refractivity contribution >= 4 is 6.09 Å². The Balaban J connectivity index is 2.04. The number of ether oxygens (including phenoxy) is 1. The minimum absolute atomic E-state index is 0.117. The summed E-state index contributed by atoms with van der Waals surface area (Å²) in [5, 5.41) is 8.98. The maximum Gasteiger partial charge on any atom is 0.410 e. The molecule has 17 heavy (non-hydrogen) atoms. The molecule has 0 spiro atoms. The maximum atomic E-state index is 12.1. The smallest absolute Gasteiger partial charge is 0.410 e. The zero-order valence-electron chi connectivity index (χ0n) is 10.8. The van der Waals surface area contributed by atoms with Gasteiger partial charge >= 0.3 is 6.09 Å². The molecule has 2 aliphatic heterocycles. The van der Waals surface area contributed by atoms with Crippen LogP contribution in [0.2, 0.25) is 0 Å². The fraction of sp³-hybridized carbons (Fsp3) is 0.846. The lowest BCUT2D eigenvalue weighted by Gasteiger charge is -2.37. The number of carbonyl (C=O) groups excluding carboxylic acids is 1. The monoisotopic (exact) mass is 236 g/mol. The highest BCUT2D eigenvalue weighted by atomic mass is 16.6. The minimum atomic E-state index is -0.442. The molecule has 1 amide bonds. The van der Waals surface area contributed by atoms with Gasteiger partial charge in [0.25, 0.3) is 0 Å².